The number of hydrogen-bond donors (Lipinski definition) is 0. The van der Waals surface area contributed by atoms with E-state index in [1.807, 2.05) is 0 Å². The van der Waals surface area contributed by atoms with Crippen LogP contribution in [0.25, 0.3) is 0 Å². The van der Waals surface area contributed by atoms with Gasteiger partial charge >= 0.3 is 0 Å². The lowest BCUT2D eigenvalue weighted by Gasteiger charge is -2.23. The molecule has 1 fully saturated rings. The van der Waals surface area contributed by atoms with Gasteiger partial charge in [-0.1, -0.05) is 6.92 Å². The predicted octanol–water partition coefficient (Wildman–Crippen LogP) is 2.82. The Hall–Kier alpha value is -0.350. The molecule has 3 rings (SSSR count). The van der Waals surface area contributed by atoms with Crippen LogP contribution in [0.1, 0.15) is 37.7 Å². The number of hydrogen-bond acceptors (Lipinski definition) is 2. The fourth-order valence-corrected chi connectivity index (χ4v) is 3.59. The summed E-state index contributed by atoms with van der Waals surface area (Å²) in [6.45, 7) is 7.01. The summed E-state index contributed by atoms with van der Waals surface area (Å²) in [5.41, 5.74) is 1.41. The fraction of sp³-hybridized carbons (Fsp3) is 0.769. The Morgan fingerprint density at radius 2 is 2.06 bits per heavy atom. The molecule has 3 nitrogen and oxygen atoms in total. The number of imidazole rings is 1. The molecule has 0 bridgehead atoms. The summed E-state index contributed by atoms with van der Waals surface area (Å²) in [6, 6.07) is 0. The zero-order valence-electron chi connectivity index (χ0n) is 10.5. The van der Waals surface area contributed by atoms with E-state index in [2.05, 4.69) is 32.3 Å². The van der Waals surface area contributed by atoms with E-state index >= 15 is 0 Å². The Kier molecular flexibility index (Phi) is 3.26. The van der Waals surface area contributed by atoms with Crippen molar-refractivity contribution in [2.75, 3.05) is 13.1 Å². The highest BCUT2D eigenvalue weighted by molar-refractivity contribution is 9.10. The molecule has 0 amide bonds. The van der Waals surface area contributed by atoms with Crippen LogP contribution < -0.4 is 0 Å². The molecular weight excluding hydrogens is 278 g/mol. The Balaban J connectivity index is 1.82. The molecule has 4 heteroatoms. The van der Waals surface area contributed by atoms with Gasteiger partial charge in [-0.3, -0.25) is 4.90 Å². The van der Waals surface area contributed by atoms with Crippen molar-refractivity contribution in [1.82, 2.24) is 14.5 Å². The first-order chi connectivity index (χ1) is 8.24. The molecule has 1 aromatic rings. The first kappa shape index (κ1) is 11.7. The molecule has 1 unspecified atom stereocenters. The van der Waals surface area contributed by atoms with Gasteiger partial charge in [-0.2, -0.15) is 0 Å². The molecular formula is C13H20BrN3. The topological polar surface area (TPSA) is 21.1 Å². The molecule has 0 spiro atoms. The van der Waals surface area contributed by atoms with E-state index in [-0.39, 0.29) is 0 Å². The maximum absolute atomic E-state index is 4.73. The molecule has 2 aliphatic heterocycles. The lowest BCUT2D eigenvalue weighted by atomic mass is 9.99. The van der Waals surface area contributed by atoms with Gasteiger partial charge in [-0.15, -0.1) is 0 Å². The summed E-state index contributed by atoms with van der Waals surface area (Å²) in [5, 5.41) is 0. The summed E-state index contributed by atoms with van der Waals surface area (Å²) in [5.74, 6) is 2.07. The normalized spacial score (nSPS) is 25.2. The molecule has 0 radical (unpaired) electrons. The fourth-order valence-electron chi connectivity index (χ4n) is 3.01. The van der Waals surface area contributed by atoms with E-state index in [0.717, 1.165) is 23.6 Å². The van der Waals surface area contributed by atoms with Crippen molar-refractivity contribution in [3.05, 3.63) is 16.1 Å². The smallest absolute Gasteiger partial charge is 0.127 e. The molecule has 0 N–H and O–H groups in total. The summed E-state index contributed by atoms with van der Waals surface area (Å²) in [4.78, 5) is 7.26. The van der Waals surface area contributed by atoms with E-state index in [1.54, 1.807) is 0 Å². The molecule has 1 aromatic heterocycles. The van der Waals surface area contributed by atoms with E-state index in [9.17, 15) is 0 Å². The monoisotopic (exact) mass is 297 g/mol. The predicted molar refractivity (Wildman–Crippen MR) is 71.9 cm³/mol. The third-order valence-electron chi connectivity index (χ3n) is 4.05. The number of likely N-dealkylation sites (tertiary alicyclic amines) is 1. The Morgan fingerprint density at radius 3 is 2.82 bits per heavy atom. The van der Waals surface area contributed by atoms with Crippen molar-refractivity contribution in [2.45, 2.75) is 45.7 Å². The Bertz CT molecular complexity index is 407. The number of nitrogens with zero attached hydrogens (tertiary/aromatic N) is 3. The summed E-state index contributed by atoms with van der Waals surface area (Å²) < 4.78 is 3.53. The highest BCUT2D eigenvalue weighted by atomic mass is 79.9. The van der Waals surface area contributed by atoms with Crippen molar-refractivity contribution < 1.29 is 0 Å². The largest absolute Gasteiger partial charge is 0.330 e. The third kappa shape index (κ3) is 2.29. The van der Waals surface area contributed by atoms with E-state index < -0.39 is 0 Å². The van der Waals surface area contributed by atoms with Gasteiger partial charge < -0.3 is 4.57 Å². The van der Waals surface area contributed by atoms with Crippen LogP contribution >= 0.6 is 15.9 Å². The molecule has 17 heavy (non-hydrogen) atoms. The number of aromatic nitrogens is 2. The number of halogens is 1. The lowest BCUT2D eigenvalue weighted by molar-refractivity contribution is 0.308. The van der Waals surface area contributed by atoms with Crippen LogP contribution in [0, 0.1) is 5.92 Å². The summed E-state index contributed by atoms with van der Waals surface area (Å²) >= 11 is 3.63. The minimum atomic E-state index is 0.801. The summed E-state index contributed by atoms with van der Waals surface area (Å²) in [7, 11) is 0. The standard InChI is InChI=1S/C13H20BrN3/c1-10-4-7-17-11(8-10)13(14)15-12(17)9-16-5-2-3-6-16/h10H,2-9H2,1H3. The van der Waals surface area contributed by atoms with Crippen LogP contribution in [0.5, 0.6) is 0 Å². The minimum Gasteiger partial charge on any atom is -0.330 e. The van der Waals surface area contributed by atoms with Gasteiger partial charge in [0.05, 0.1) is 12.2 Å². The van der Waals surface area contributed by atoms with Crippen LogP contribution in [0.2, 0.25) is 0 Å². The first-order valence-electron chi connectivity index (χ1n) is 6.70. The minimum absolute atomic E-state index is 0.801. The molecule has 1 atom stereocenters. The second-order valence-corrected chi connectivity index (χ2v) is 6.25. The molecule has 94 valence electrons. The first-order valence-corrected chi connectivity index (χ1v) is 7.49. The second kappa shape index (κ2) is 4.73. The average Bonchev–Trinajstić information content (AvgIpc) is 2.89. The van der Waals surface area contributed by atoms with Crippen LogP contribution in [0.4, 0.5) is 0 Å². The van der Waals surface area contributed by atoms with Crippen molar-refractivity contribution in [3.8, 4) is 0 Å². The Labute approximate surface area is 111 Å². The maximum Gasteiger partial charge on any atom is 0.127 e. The molecule has 0 aliphatic carbocycles. The van der Waals surface area contributed by atoms with Gasteiger partial charge in [-0.05, 0) is 60.6 Å². The van der Waals surface area contributed by atoms with Gasteiger partial charge in [0.1, 0.15) is 10.4 Å². The van der Waals surface area contributed by atoms with Crippen LogP contribution in [0.3, 0.4) is 0 Å². The quantitative estimate of drug-likeness (QED) is 0.837. The summed E-state index contributed by atoms with van der Waals surface area (Å²) in [6.07, 6.45) is 5.17. The van der Waals surface area contributed by atoms with Gasteiger partial charge in [-0.25, -0.2) is 4.98 Å². The van der Waals surface area contributed by atoms with Crippen molar-refractivity contribution in [2.24, 2.45) is 5.92 Å². The molecule has 2 aliphatic rings. The van der Waals surface area contributed by atoms with Crippen molar-refractivity contribution >= 4 is 15.9 Å². The SMILES string of the molecule is CC1CCn2c(CN3CCCC3)nc(Br)c2C1. The zero-order valence-corrected chi connectivity index (χ0v) is 12.0. The maximum atomic E-state index is 4.73. The van der Waals surface area contributed by atoms with Gasteiger partial charge in [0, 0.05) is 6.54 Å². The van der Waals surface area contributed by atoms with E-state index in [0.29, 0.717) is 0 Å². The van der Waals surface area contributed by atoms with Gasteiger partial charge in [0.25, 0.3) is 0 Å². The molecule has 3 heterocycles. The third-order valence-corrected chi connectivity index (χ3v) is 4.69. The molecule has 1 saturated heterocycles. The zero-order chi connectivity index (χ0) is 11.8. The number of rotatable bonds is 2. The highest BCUT2D eigenvalue weighted by Gasteiger charge is 2.23. The number of fused-ring (bicyclic) bond motifs is 1. The average molecular weight is 298 g/mol. The van der Waals surface area contributed by atoms with Crippen LogP contribution in [0.15, 0.2) is 4.60 Å². The highest BCUT2D eigenvalue weighted by Crippen LogP contribution is 2.28. The Morgan fingerprint density at radius 1 is 1.29 bits per heavy atom. The van der Waals surface area contributed by atoms with Crippen molar-refractivity contribution in [3.63, 3.8) is 0 Å². The van der Waals surface area contributed by atoms with Crippen molar-refractivity contribution in [1.29, 1.82) is 0 Å². The second-order valence-electron chi connectivity index (χ2n) is 5.50. The molecule has 0 saturated carbocycles. The van der Waals surface area contributed by atoms with E-state index in [4.69, 9.17) is 4.98 Å². The van der Waals surface area contributed by atoms with Gasteiger partial charge in [0.15, 0.2) is 0 Å². The molecule has 0 aromatic carbocycles. The van der Waals surface area contributed by atoms with Crippen LogP contribution in [-0.2, 0) is 19.5 Å². The van der Waals surface area contributed by atoms with E-state index in [1.165, 1.54) is 50.3 Å². The lowest BCUT2D eigenvalue weighted by Crippen LogP contribution is -2.24. The van der Waals surface area contributed by atoms with Crippen LogP contribution in [-0.4, -0.2) is 27.5 Å². The van der Waals surface area contributed by atoms with Gasteiger partial charge in [0.2, 0.25) is 0 Å².